The Balaban J connectivity index is 2.29. The molecular formula is C14H15N3O3. The molecule has 4 N–H and O–H groups in total. The van der Waals surface area contributed by atoms with Crippen molar-refractivity contribution in [1.29, 1.82) is 5.41 Å². The predicted octanol–water partition coefficient (Wildman–Crippen LogP) is 1.66. The first-order valence-corrected chi connectivity index (χ1v) is 5.90. The van der Waals surface area contributed by atoms with Gasteiger partial charge in [0.05, 0.1) is 13.7 Å². The summed E-state index contributed by atoms with van der Waals surface area (Å²) in [4.78, 5) is 3.96. The van der Waals surface area contributed by atoms with Crippen LogP contribution in [0.4, 0.5) is 0 Å². The second kappa shape index (κ2) is 6.03. The van der Waals surface area contributed by atoms with Crippen LogP contribution in [0.3, 0.4) is 0 Å². The number of amidine groups is 1. The lowest BCUT2D eigenvalue weighted by atomic mass is 10.2. The molecule has 104 valence electrons. The quantitative estimate of drug-likeness (QED) is 0.568. The van der Waals surface area contributed by atoms with Crippen molar-refractivity contribution in [3.63, 3.8) is 0 Å². The van der Waals surface area contributed by atoms with Gasteiger partial charge in [-0.15, -0.1) is 0 Å². The second-order valence-corrected chi connectivity index (χ2v) is 4.04. The summed E-state index contributed by atoms with van der Waals surface area (Å²) in [5.41, 5.74) is 6.45. The Bertz CT molecular complexity index is 629. The molecule has 0 saturated heterocycles. The molecule has 0 fully saturated rings. The molecule has 0 aliphatic heterocycles. The summed E-state index contributed by atoms with van der Waals surface area (Å²) in [5, 5.41) is 16.4. The lowest BCUT2D eigenvalue weighted by molar-refractivity contribution is 0.280. The highest BCUT2D eigenvalue weighted by atomic mass is 16.5. The van der Waals surface area contributed by atoms with Crippen molar-refractivity contribution < 1.29 is 14.6 Å². The zero-order valence-corrected chi connectivity index (χ0v) is 11.0. The van der Waals surface area contributed by atoms with Gasteiger partial charge in [-0.1, -0.05) is 6.07 Å². The molecule has 0 aliphatic carbocycles. The first kappa shape index (κ1) is 13.8. The Labute approximate surface area is 116 Å². The van der Waals surface area contributed by atoms with Gasteiger partial charge in [-0.2, -0.15) is 0 Å². The third kappa shape index (κ3) is 3.04. The van der Waals surface area contributed by atoms with Crippen LogP contribution in [-0.2, 0) is 6.61 Å². The summed E-state index contributed by atoms with van der Waals surface area (Å²) in [6.45, 7) is -0.0691. The predicted molar refractivity (Wildman–Crippen MR) is 74.2 cm³/mol. The molecule has 6 heteroatoms. The number of ether oxygens (including phenoxy) is 2. The van der Waals surface area contributed by atoms with E-state index in [4.69, 9.17) is 25.7 Å². The largest absolute Gasteiger partial charge is 0.493 e. The summed E-state index contributed by atoms with van der Waals surface area (Å²) < 4.78 is 10.9. The molecule has 0 aliphatic rings. The van der Waals surface area contributed by atoms with E-state index in [2.05, 4.69) is 4.98 Å². The molecule has 0 radical (unpaired) electrons. The van der Waals surface area contributed by atoms with Crippen LogP contribution >= 0.6 is 0 Å². The van der Waals surface area contributed by atoms with Gasteiger partial charge >= 0.3 is 0 Å². The highest BCUT2D eigenvalue weighted by molar-refractivity contribution is 5.93. The number of nitrogen functional groups attached to an aromatic ring is 1. The van der Waals surface area contributed by atoms with E-state index in [9.17, 15) is 0 Å². The summed E-state index contributed by atoms with van der Waals surface area (Å²) in [6.07, 6.45) is 1.51. The molecule has 0 unspecified atom stereocenters. The van der Waals surface area contributed by atoms with E-state index in [-0.39, 0.29) is 12.4 Å². The van der Waals surface area contributed by atoms with E-state index in [1.165, 1.54) is 13.3 Å². The fourth-order valence-electron chi connectivity index (χ4n) is 1.64. The molecule has 6 nitrogen and oxygen atoms in total. The third-order valence-electron chi connectivity index (χ3n) is 2.65. The first-order chi connectivity index (χ1) is 9.63. The minimum atomic E-state index is -0.127. The van der Waals surface area contributed by atoms with Crippen LogP contribution in [0.1, 0.15) is 11.3 Å². The molecular weight excluding hydrogens is 258 g/mol. The van der Waals surface area contributed by atoms with E-state index >= 15 is 0 Å². The van der Waals surface area contributed by atoms with Gasteiger partial charge in [-0.05, 0) is 23.8 Å². The minimum absolute atomic E-state index is 0.0691. The van der Waals surface area contributed by atoms with Gasteiger partial charge in [0.25, 0.3) is 0 Å². The number of benzene rings is 1. The zero-order chi connectivity index (χ0) is 14.5. The Kier molecular flexibility index (Phi) is 4.17. The number of nitrogens with one attached hydrogen (secondary N) is 1. The molecule has 2 rings (SSSR count). The smallest absolute Gasteiger partial charge is 0.169 e. The molecule has 1 heterocycles. The number of aliphatic hydroxyl groups excluding tert-OH is 1. The van der Waals surface area contributed by atoms with Gasteiger partial charge in [0.15, 0.2) is 11.5 Å². The highest BCUT2D eigenvalue weighted by Crippen LogP contribution is 2.32. The van der Waals surface area contributed by atoms with Gasteiger partial charge in [-0.25, -0.2) is 0 Å². The van der Waals surface area contributed by atoms with Crippen molar-refractivity contribution in [2.45, 2.75) is 6.61 Å². The van der Waals surface area contributed by atoms with Crippen LogP contribution < -0.4 is 15.2 Å². The van der Waals surface area contributed by atoms with Crippen LogP contribution in [0.2, 0.25) is 0 Å². The SMILES string of the molecule is COc1cc(CO)ccc1Oc1ccnc(C(=N)N)c1. The van der Waals surface area contributed by atoms with Crippen molar-refractivity contribution in [2.75, 3.05) is 7.11 Å². The topological polar surface area (TPSA) is 101 Å². The Hall–Kier alpha value is -2.60. The molecule has 1 aromatic heterocycles. The molecule has 0 amide bonds. The van der Waals surface area contributed by atoms with Crippen LogP contribution in [0.5, 0.6) is 17.2 Å². The monoisotopic (exact) mass is 273 g/mol. The number of methoxy groups -OCH3 is 1. The van der Waals surface area contributed by atoms with Crippen molar-refractivity contribution in [3.05, 3.63) is 47.8 Å². The number of nitrogens with two attached hydrogens (primary N) is 1. The number of rotatable bonds is 5. The Morgan fingerprint density at radius 2 is 2.10 bits per heavy atom. The first-order valence-electron chi connectivity index (χ1n) is 5.90. The second-order valence-electron chi connectivity index (χ2n) is 4.04. The van der Waals surface area contributed by atoms with E-state index in [0.29, 0.717) is 22.9 Å². The molecule has 0 saturated carbocycles. The van der Waals surface area contributed by atoms with Crippen LogP contribution in [0, 0.1) is 5.41 Å². The maximum atomic E-state index is 9.09. The standard InChI is InChI=1S/C14H15N3O3/c1-19-13-6-9(8-18)2-3-12(13)20-10-4-5-17-11(7-10)14(15)16/h2-7,18H,8H2,1H3,(H3,15,16). The zero-order valence-electron chi connectivity index (χ0n) is 11.0. The minimum Gasteiger partial charge on any atom is -0.493 e. The molecule has 0 spiro atoms. The van der Waals surface area contributed by atoms with Crippen LogP contribution in [-0.4, -0.2) is 23.0 Å². The van der Waals surface area contributed by atoms with E-state index in [1.54, 1.807) is 30.3 Å². The summed E-state index contributed by atoms with van der Waals surface area (Å²) >= 11 is 0. The average Bonchev–Trinajstić information content (AvgIpc) is 2.48. The number of nitrogens with zero attached hydrogens (tertiary/aromatic N) is 1. The lowest BCUT2D eigenvalue weighted by Gasteiger charge is -2.11. The number of pyridine rings is 1. The molecule has 20 heavy (non-hydrogen) atoms. The molecule has 0 atom stereocenters. The number of aliphatic hydroxyl groups is 1. The van der Waals surface area contributed by atoms with E-state index in [0.717, 1.165) is 5.56 Å². The molecule has 1 aromatic carbocycles. The van der Waals surface area contributed by atoms with Crippen molar-refractivity contribution in [2.24, 2.45) is 5.73 Å². The van der Waals surface area contributed by atoms with Gasteiger partial charge in [0.2, 0.25) is 0 Å². The normalized spacial score (nSPS) is 10.1. The van der Waals surface area contributed by atoms with Gasteiger partial charge in [0, 0.05) is 12.3 Å². The summed E-state index contributed by atoms with van der Waals surface area (Å²) in [7, 11) is 1.52. The number of hydrogen-bond donors (Lipinski definition) is 3. The van der Waals surface area contributed by atoms with Gasteiger partial charge in [-0.3, -0.25) is 10.4 Å². The van der Waals surface area contributed by atoms with E-state index < -0.39 is 0 Å². The maximum absolute atomic E-state index is 9.09. The number of aromatic nitrogens is 1. The van der Waals surface area contributed by atoms with Gasteiger partial charge in [0.1, 0.15) is 17.3 Å². The number of hydrogen-bond acceptors (Lipinski definition) is 5. The Morgan fingerprint density at radius 1 is 1.30 bits per heavy atom. The van der Waals surface area contributed by atoms with E-state index in [1.807, 2.05) is 0 Å². The molecule has 2 aromatic rings. The fourth-order valence-corrected chi connectivity index (χ4v) is 1.64. The highest BCUT2D eigenvalue weighted by Gasteiger charge is 2.08. The van der Waals surface area contributed by atoms with Crippen molar-refractivity contribution >= 4 is 5.84 Å². The van der Waals surface area contributed by atoms with Crippen molar-refractivity contribution in [3.8, 4) is 17.2 Å². The summed E-state index contributed by atoms with van der Waals surface area (Å²) in [5.74, 6) is 1.39. The van der Waals surface area contributed by atoms with Crippen molar-refractivity contribution in [1.82, 2.24) is 4.98 Å². The molecule has 0 bridgehead atoms. The Morgan fingerprint density at radius 3 is 2.75 bits per heavy atom. The van der Waals surface area contributed by atoms with Crippen LogP contribution in [0.25, 0.3) is 0 Å². The maximum Gasteiger partial charge on any atom is 0.169 e. The average molecular weight is 273 g/mol. The van der Waals surface area contributed by atoms with Gasteiger partial charge < -0.3 is 20.3 Å². The summed E-state index contributed by atoms with van der Waals surface area (Å²) in [6, 6.07) is 8.37. The fraction of sp³-hybridized carbons (Fsp3) is 0.143. The lowest BCUT2D eigenvalue weighted by Crippen LogP contribution is -2.12. The third-order valence-corrected chi connectivity index (χ3v) is 2.65. The van der Waals surface area contributed by atoms with Crippen LogP contribution in [0.15, 0.2) is 36.5 Å².